The van der Waals surface area contributed by atoms with Crippen LogP contribution in [0.3, 0.4) is 0 Å². The molecule has 154 valence electrons. The number of ether oxygens (including phenoxy) is 2. The SMILES string of the molecule is CC(Nc1ccc(N2CCCCCC2)cc1)C(=O)NCc1ccc2c(c1)OCO2. The standard InChI is InChI=1S/C23H29N3O3/c1-17(23(27)24-15-18-6-11-21-22(14-18)29-16-28-21)25-19-7-9-20(10-8-19)26-12-4-2-3-5-13-26/h6-11,14,17,25H,2-5,12-13,15-16H2,1H3,(H,24,27). The second kappa shape index (κ2) is 9.07. The van der Waals surface area contributed by atoms with Crippen molar-refractivity contribution in [2.24, 2.45) is 0 Å². The molecule has 0 bridgehead atoms. The minimum Gasteiger partial charge on any atom is -0.454 e. The lowest BCUT2D eigenvalue weighted by molar-refractivity contribution is -0.121. The maximum Gasteiger partial charge on any atom is 0.242 e. The number of hydrogen-bond donors (Lipinski definition) is 2. The fourth-order valence-corrected chi connectivity index (χ4v) is 3.81. The van der Waals surface area contributed by atoms with Gasteiger partial charge in [0.25, 0.3) is 0 Å². The minimum atomic E-state index is -0.326. The van der Waals surface area contributed by atoms with Crippen LogP contribution in [0.25, 0.3) is 0 Å². The molecule has 0 saturated carbocycles. The summed E-state index contributed by atoms with van der Waals surface area (Å²) in [4.78, 5) is 14.9. The third kappa shape index (κ3) is 4.94. The molecule has 0 spiro atoms. The molecular weight excluding hydrogens is 366 g/mol. The molecule has 1 amide bonds. The maximum absolute atomic E-state index is 12.5. The number of rotatable bonds is 6. The van der Waals surface area contributed by atoms with Gasteiger partial charge in [0, 0.05) is 31.0 Å². The zero-order valence-corrected chi connectivity index (χ0v) is 16.9. The number of anilines is 2. The quantitative estimate of drug-likeness (QED) is 0.776. The molecule has 6 heteroatoms. The summed E-state index contributed by atoms with van der Waals surface area (Å²) in [6.07, 6.45) is 5.19. The maximum atomic E-state index is 12.5. The smallest absolute Gasteiger partial charge is 0.242 e. The van der Waals surface area contributed by atoms with Crippen LogP contribution < -0.4 is 25.0 Å². The summed E-state index contributed by atoms with van der Waals surface area (Å²) in [6.45, 7) is 4.84. The third-order valence-electron chi connectivity index (χ3n) is 5.52. The van der Waals surface area contributed by atoms with Gasteiger partial charge in [0.15, 0.2) is 11.5 Å². The van der Waals surface area contributed by atoms with Crippen molar-refractivity contribution in [3.05, 3.63) is 48.0 Å². The second-order valence-electron chi connectivity index (χ2n) is 7.72. The van der Waals surface area contributed by atoms with Crippen LogP contribution in [0.2, 0.25) is 0 Å². The Labute approximate surface area is 172 Å². The van der Waals surface area contributed by atoms with Crippen LogP contribution in [0.4, 0.5) is 11.4 Å². The van der Waals surface area contributed by atoms with E-state index in [-0.39, 0.29) is 18.7 Å². The lowest BCUT2D eigenvalue weighted by atomic mass is 10.2. The highest BCUT2D eigenvalue weighted by molar-refractivity contribution is 5.84. The van der Waals surface area contributed by atoms with Crippen molar-refractivity contribution in [3.8, 4) is 11.5 Å². The van der Waals surface area contributed by atoms with Crippen molar-refractivity contribution in [2.75, 3.05) is 30.1 Å². The van der Waals surface area contributed by atoms with Gasteiger partial charge in [-0.3, -0.25) is 4.79 Å². The zero-order valence-electron chi connectivity index (χ0n) is 16.9. The molecule has 2 aliphatic rings. The summed E-state index contributed by atoms with van der Waals surface area (Å²) in [5, 5.41) is 6.26. The molecule has 2 aliphatic heterocycles. The summed E-state index contributed by atoms with van der Waals surface area (Å²) >= 11 is 0. The Morgan fingerprint density at radius 3 is 2.48 bits per heavy atom. The Hall–Kier alpha value is -2.89. The van der Waals surface area contributed by atoms with E-state index in [1.165, 1.54) is 31.4 Å². The van der Waals surface area contributed by atoms with Gasteiger partial charge in [-0.25, -0.2) is 0 Å². The first-order valence-electron chi connectivity index (χ1n) is 10.5. The third-order valence-corrected chi connectivity index (χ3v) is 5.52. The summed E-state index contributed by atoms with van der Waals surface area (Å²) in [6, 6.07) is 13.8. The number of carbonyl (C=O) groups excluding carboxylic acids is 1. The first-order valence-corrected chi connectivity index (χ1v) is 10.5. The van der Waals surface area contributed by atoms with E-state index in [9.17, 15) is 4.79 Å². The van der Waals surface area contributed by atoms with Crippen molar-refractivity contribution < 1.29 is 14.3 Å². The summed E-state index contributed by atoms with van der Waals surface area (Å²) in [5.41, 5.74) is 3.20. The molecule has 4 rings (SSSR count). The van der Waals surface area contributed by atoms with Crippen LogP contribution in [0.1, 0.15) is 38.2 Å². The Kier molecular flexibility index (Phi) is 6.08. The summed E-state index contributed by atoms with van der Waals surface area (Å²) < 4.78 is 10.7. The second-order valence-corrected chi connectivity index (χ2v) is 7.72. The number of hydrogen-bond acceptors (Lipinski definition) is 5. The molecule has 0 aromatic heterocycles. The van der Waals surface area contributed by atoms with E-state index in [4.69, 9.17) is 9.47 Å². The van der Waals surface area contributed by atoms with Crippen LogP contribution in [-0.4, -0.2) is 31.8 Å². The van der Waals surface area contributed by atoms with Gasteiger partial charge >= 0.3 is 0 Å². The van der Waals surface area contributed by atoms with Crippen molar-refractivity contribution in [3.63, 3.8) is 0 Å². The van der Waals surface area contributed by atoms with E-state index in [2.05, 4.69) is 39.8 Å². The van der Waals surface area contributed by atoms with E-state index < -0.39 is 0 Å². The van der Waals surface area contributed by atoms with Crippen molar-refractivity contribution in [2.45, 2.75) is 45.2 Å². The summed E-state index contributed by atoms with van der Waals surface area (Å²) in [7, 11) is 0. The molecule has 29 heavy (non-hydrogen) atoms. The fraction of sp³-hybridized carbons (Fsp3) is 0.435. The first-order chi connectivity index (χ1) is 14.2. The van der Waals surface area contributed by atoms with Crippen molar-refractivity contribution in [1.82, 2.24) is 5.32 Å². The van der Waals surface area contributed by atoms with Crippen molar-refractivity contribution >= 4 is 17.3 Å². The Morgan fingerprint density at radius 1 is 1.00 bits per heavy atom. The molecule has 1 unspecified atom stereocenters. The minimum absolute atomic E-state index is 0.0424. The number of carbonyl (C=O) groups is 1. The van der Waals surface area contributed by atoms with Gasteiger partial charge < -0.3 is 25.0 Å². The van der Waals surface area contributed by atoms with Crippen LogP contribution in [0, 0.1) is 0 Å². The predicted molar refractivity (Wildman–Crippen MR) is 115 cm³/mol. The molecule has 1 saturated heterocycles. The van der Waals surface area contributed by atoms with Gasteiger partial charge in [0.05, 0.1) is 0 Å². The van der Waals surface area contributed by atoms with E-state index >= 15 is 0 Å². The van der Waals surface area contributed by atoms with Gasteiger partial charge in [0.1, 0.15) is 6.04 Å². The normalized spacial score (nSPS) is 16.8. The van der Waals surface area contributed by atoms with E-state index in [1.54, 1.807) is 0 Å². The van der Waals surface area contributed by atoms with Gasteiger partial charge in [-0.2, -0.15) is 0 Å². The topological polar surface area (TPSA) is 62.8 Å². The van der Waals surface area contributed by atoms with Crippen LogP contribution in [0.15, 0.2) is 42.5 Å². The lowest BCUT2D eigenvalue weighted by Gasteiger charge is -2.23. The van der Waals surface area contributed by atoms with Gasteiger partial charge in [-0.05, 0) is 61.7 Å². The van der Waals surface area contributed by atoms with E-state index in [0.717, 1.165) is 35.8 Å². The summed E-state index contributed by atoms with van der Waals surface area (Å²) in [5.74, 6) is 1.44. The average molecular weight is 396 g/mol. The van der Waals surface area contributed by atoms with Gasteiger partial charge in [-0.15, -0.1) is 0 Å². The molecule has 2 N–H and O–H groups in total. The van der Waals surface area contributed by atoms with E-state index in [1.807, 2.05) is 25.1 Å². The van der Waals surface area contributed by atoms with Crippen molar-refractivity contribution in [1.29, 1.82) is 0 Å². The molecule has 2 aromatic rings. The molecule has 0 aliphatic carbocycles. The highest BCUT2D eigenvalue weighted by atomic mass is 16.7. The average Bonchev–Trinajstić information content (AvgIpc) is 3.04. The number of amides is 1. The van der Waals surface area contributed by atoms with Crippen LogP contribution >= 0.6 is 0 Å². The van der Waals surface area contributed by atoms with Gasteiger partial charge in [0.2, 0.25) is 12.7 Å². The fourth-order valence-electron chi connectivity index (χ4n) is 3.81. The van der Waals surface area contributed by atoms with Crippen LogP contribution in [0.5, 0.6) is 11.5 Å². The molecule has 2 heterocycles. The first kappa shape index (κ1) is 19.4. The van der Waals surface area contributed by atoms with E-state index in [0.29, 0.717) is 6.54 Å². The number of benzene rings is 2. The van der Waals surface area contributed by atoms with Crippen LogP contribution in [-0.2, 0) is 11.3 Å². The zero-order chi connectivity index (χ0) is 20.1. The highest BCUT2D eigenvalue weighted by Crippen LogP contribution is 2.32. The lowest BCUT2D eigenvalue weighted by Crippen LogP contribution is -2.37. The molecule has 1 atom stereocenters. The largest absolute Gasteiger partial charge is 0.454 e. The number of nitrogens with one attached hydrogen (secondary N) is 2. The molecule has 6 nitrogen and oxygen atoms in total. The molecule has 1 fully saturated rings. The monoisotopic (exact) mass is 395 g/mol. The number of fused-ring (bicyclic) bond motifs is 1. The Morgan fingerprint density at radius 2 is 1.72 bits per heavy atom. The number of nitrogens with zero attached hydrogens (tertiary/aromatic N) is 1. The predicted octanol–water partition coefficient (Wildman–Crippen LogP) is 3.91. The highest BCUT2D eigenvalue weighted by Gasteiger charge is 2.16. The Bertz CT molecular complexity index is 830. The Balaban J connectivity index is 1.28. The molecule has 0 radical (unpaired) electrons. The van der Waals surface area contributed by atoms with Gasteiger partial charge in [-0.1, -0.05) is 18.9 Å². The molecular formula is C23H29N3O3. The molecule has 2 aromatic carbocycles.